The second-order valence-electron chi connectivity index (χ2n) is 6.51. The molecule has 5 heteroatoms. The zero-order valence-electron chi connectivity index (χ0n) is 14.4. The maximum absolute atomic E-state index is 12.7. The molecule has 2 heterocycles. The molecule has 1 aliphatic heterocycles. The number of benzene rings is 1. The minimum atomic E-state index is -0.274. The van der Waals surface area contributed by atoms with Gasteiger partial charge in [0.25, 0.3) is 5.91 Å². The zero-order valence-corrected chi connectivity index (χ0v) is 14.4. The van der Waals surface area contributed by atoms with E-state index in [2.05, 4.69) is 9.88 Å². The Kier molecular flexibility index (Phi) is 5.11. The normalized spacial score (nSPS) is 17.2. The van der Waals surface area contributed by atoms with E-state index >= 15 is 0 Å². The average Bonchev–Trinajstić information content (AvgIpc) is 2.61. The molecule has 1 unspecified atom stereocenters. The number of carbonyl (C=O) groups is 1. The third-order valence-electron chi connectivity index (χ3n) is 4.68. The third kappa shape index (κ3) is 3.74. The number of amides is 1. The number of β-amino-alcohol motifs (C(OH)–C–C–N with tert-alkyl or cyclic N) is 1. The number of pyridine rings is 1. The highest BCUT2D eigenvalue weighted by molar-refractivity contribution is 5.98. The lowest BCUT2D eigenvalue weighted by Crippen LogP contribution is -2.50. The van der Waals surface area contributed by atoms with Crippen LogP contribution >= 0.6 is 0 Å². The Morgan fingerprint density at radius 2 is 1.96 bits per heavy atom. The van der Waals surface area contributed by atoms with E-state index in [9.17, 15) is 9.90 Å². The molecule has 0 saturated carbocycles. The quantitative estimate of drug-likeness (QED) is 0.934. The van der Waals surface area contributed by atoms with Gasteiger partial charge in [0, 0.05) is 49.4 Å². The summed E-state index contributed by atoms with van der Waals surface area (Å²) in [6.45, 7) is 7.70. The van der Waals surface area contributed by atoms with Gasteiger partial charge in [-0.25, -0.2) is 0 Å². The molecular weight excluding hydrogens is 302 g/mol. The molecule has 1 fully saturated rings. The lowest BCUT2D eigenvalue weighted by Gasteiger charge is -2.35. The van der Waals surface area contributed by atoms with Crippen LogP contribution in [0.1, 0.15) is 29.4 Å². The standard InChI is InChI=1S/C19H25N3O2/c1-3-17(23)13-21-8-10-22(11-9-21)19(24)16-6-7-18-15(12-16)5-4-14(2)20-18/h4-7,12,17,23H,3,8-11,13H2,1-2H3. The van der Waals surface area contributed by atoms with Gasteiger partial charge < -0.3 is 10.0 Å². The highest BCUT2D eigenvalue weighted by Crippen LogP contribution is 2.17. The van der Waals surface area contributed by atoms with Crippen LogP contribution in [0.2, 0.25) is 0 Å². The van der Waals surface area contributed by atoms with Crippen LogP contribution in [0.25, 0.3) is 10.9 Å². The van der Waals surface area contributed by atoms with Gasteiger partial charge in [-0.3, -0.25) is 14.7 Å². The summed E-state index contributed by atoms with van der Waals surface area (Å²) in [6, 6.07) is 9.69. The summed E-state index contributed by atoms with van der Waals surface area (Å²) in [5, 5.41) is 10.8. The second-order valence-corrected chi connectivity index (χ2v) is 6.51. The number of fused-ring (bicyclic) bond motifs is 1. The zero-order chi connectivity index (χ0) is 17.1. The average molecular weight is 327 g/mol. The Morgan fingerprint density at radius 1 is 1.21 bits per heavy atom. The molecular formula is C19H25N3O2. The van der Waals surface area contributed by atoms with E-state index in [-0.39, 0.29) is 12.0 Å². The molecule has 0 bridgehead atoms. The first-order valence-electron chi connectivity index (χ1n) is 8.64. The van der Waals surface area contributed by atoms with Crippen molar-refractivity contribution in [1.29, 1.82) is 0 Å². The number of aryl methyl sites for hydroxylation is 1. The highest BCUT2D eigenvalue weighted by Gasteiger charge is 2.23. The van der Waals surface area contributed by atoms with E-state index in [1.54, 1.807) is 0 Å². The van der Waals surface area contributed by atoms with E-state index in [1.165, 1.54) is 0 Å². The van der Waals surface area contributed by atoms with Crippen LogP contribution in [-0.4, -0.2) is 64.6 Å². The van der Waals surface area contributed by atoms with Crippen molar-refractivity contribution in [2.24, 2.45) is 0 Å². The summed E-state index contributed by atoms with van der Waals surface area (Å²) in [5.41, 5.74) is 2.62. The van der Waals surface area contributed by atoms with E-state index < -0.39 is 0 Å². The summed E-state index contributed by atoms with van der Waals surface area (Å²) >= 11 is 0. The molecule has 128 valence electrons. The molecule has 1 atom stereocenters. The van der Waals surface area contributed by atoms with Gasteiger partial charge >= 0.3 is 0 Å². The predicted molar refractivity (Wildman–Crippen MR) is 95.1 cm³/mol. The molecule has 0 aliphatic carbocycles. The van der Waals surface area contributed by atoms with Gasteiger partial charge in [-0.2, -0.15) is 0 Å². The van der Waals surface area contributed by atoms with Gasteiger partial charge in [0.1, 0.15) is 0 Å². The Morgan fingerprint density at radius 3 is 2.67 bits per heavy atom. The van der Waals surface area contributed by atoms with Crippen molar-refractivity contribution in [2.45, 2.75) is 26.4 Å². The van der Waals surface area contributed by atoms with Crippen LogP contribution in [0.4, 0.5) is 0 Å². The highest BCUT2D eigenvalue weighted by atomic mass is 16.3. The number of aromatic nitrogens is 1. The molecule has 1 aliphatic rings. The topological polar surface area (TPSA) is 56.7 Å². The molecule has 1 amide bonds. The summed E-state index contributed by atoms with van der Waals surface area (Å²) in [7, 11) is 0. The molecule has 0 spiro atoms. The molecule has 1 aromatic carbocycles. The maximum Gasteiger partial charge on any atom is 0.253 e. The molecule has 5 nitrogen and oxygen atoms in total. The van der Waals surface area contributed by atoms with Crippen LogP contribution in [0, 0.1) is 6.92 Å². The number of hydrogen-bond donors (Lipinski definition) is 1. The molecule has 2 aromatic rings. The molecule has 1 saturated heterocycles. The van der Waals surface area contributed by atoms with E-state index in [0.717, 1.165) is 41.7 Å². The van der Waals surface area contributed by atoms with Crippen LogP contribution < -0.4 is 0 Å². The van der Waals surface area contributed by atoms with Crippen LogP contribution in [-0.2, 0) is 0 Å². The third-order valence-corrected chi connectivity index (χ3v) is 4.68. The molecule has 3 rings (SSSR count). The Hall–Kier alpha value is -1.98. The van der Waals surface area contributed by atoms with E-state index in [1.807, 2.05) is 49.1 Å². The lowest BCUT2D eigenvalue weighted by molar-refractivity contribution is 0.0524. The van der Waals surface area contributed by atoms with Crippen molar-refractivity contribution < 1.29 is 9.90 Å². The van der Waals surface area contributed by atoms with E-state index in [4.69, 9.17) is 0 Å². The van der Waals surface area contributed by atoms with Gasteiger partial charge in [0.05, 0.1) is 11.6 Å². The first kappa shape index (κ1) is 16.9. The lowest BCUT2D eigenvalue weighted by atomic mass is 10.1. The van der Waals surface area contributed by atoms with Crippen LogP contribution in [0.15, 0.2) is 30.3 Å². The first-order chi connectivity index (χ1) is 11.6. The SMILES string of the molecule is CCC(O)CN1CCN(C(=O)c2ccc3nc(C)ccc3c2)CC1. The predicted octanol–water partition coefficient (Wildman–Crippen LogP) is 2.07. The summed E-state index contributed by atoms with van der Waals surface area (Å²) < 4.78 is 0. The van der Waals surface area contributed by atoms with Gasteiger partial charge in [-0.1, -0.05) is 13.0 Å². The van der Waals surface area contributed by atoms with Crippen molar-refractivity contribution in [3.05, 3.63) is 41.6 Å². The van der Waals surface area contributed by atoms with Gasteiger partial charge in [-0.05, 0) is 37.6 Å². The number of rotatable bonds is 4. The fraction of sp³-hybridized carbons (Fsp3) is 0.474. The number of piperazine rings is 1. The smallest absolute Gasteiger partial charge is 0.253 e. The molecule has 24 heavy (non-hydrogen) atoms. The van der Waals surface area contributed by atoms with Crippen molar-refractivity contribution >= 4 is 16.8 Å². The minimum Gasteiger partial charge on any atom is -0.392 e. The second kappa shape index (κ2) is 7.28. The molecule has 1 aromatic heterocycles. The van der Waals surface area contributed by atoms with Crippen molar-refractivity contribution in [2.75, 3.05) is 32.7 Å². The first-order valence-corrected chi connectivity index (χ1v) is 8.64. The monoisotopic (exact) mass is 327 g/mol. The minimum absolute atomic E-state index is 0.0770. The van der Waals surface area contributed by atoms with Gasteiger partial charge in [-0.15, -0.1) is 0 Å². The summed E-state index contributed by atoms with van der Waals surface area (Å²) in [4.78, 5) is 21.3. The number of carbonyl (C=O) groups excluding carboxylic acids is 1. The van der Waals surface area contributed by atoms with Crippen molar-refractivity contribution in [1.82, 2.24) is 14.8 Å². The van der Waals surface area contributed by atoms with Crippen molar-refractivity contribution in [3.63, 3.8) is 0 Å². The number of hydrogen-bond acceptors (Lipinski definition) is 4. The Labute approximate surface area is 142 Å². The summed E-state index contributed by atoms with van der Waals surface area (Å²) in [6.07, 6.45) is 0.493. The Balaban J connectivity index is 1.66. The van der Waals surface area contributed by atoms with Crippen molar-refractivity contribution in [3.8, 4) is 0 Å². The van der Waals surface area contributed by atoms with Gasteiger partial charge in [0.2, 0.25) is 0 Å². The van der Waals surface area contributed by atoms with Crippen LogP contribution in [0.3, 0.4) is 0 Å². The fourth-order valence-electron chi connectivity index (χ4n) is 3.10. The van der Waals surface area contributed by atoms with Gasteiger partial charge in [0.15, 0.2) is 0 Å². The maximum atomic E-state index is 12.7. The number of aliphatic hydroxyl groups is 1. The number of aliphatic hydroxyl groups excluding tert-OH is 1. The van der Waals surface area contributed by atoms with Crippen LogP contribution in [0.5, 0.6) is 0 Å². The van der Waals surface area contributed by atoms with E-state index in [0.29, 0.717) is 19.6 Å². The molecule has 0 radical (unpaired) electrons. The fourth-order valence-corrected chi connectivity index (χ4v) is 3.10. The largest absolute Gasteiger partial charge is 0.392 e. The summed E-state index contributed by atoms with van der Waals surface area (Å²) in [5.74, 6) is 0.0770. The Bertz CT molecular complexity index is 724. The number of nitrogens with zero attached hydrogens (tertiary/aromatic N) is 3. The molecule has 1 N–H and O–H groups in total.